The molecule has 0 amide bonds. The van der Waals surface area contributed by atoms with E-state index in [2.05, 4.69) is 39.4 Å². The fourth-order valence-corrected chi connectivity index (χ4v) is 4.41. The Bertz CT molecular complexity index is 904. The lowest BCUT2D eigenvalue weighted by Gasteiger charge is -2.43. The molecule has 2 aromatic heterocycles. The highest BCUT2D eigenvalue weighted by Gasteiger charge is 2.42. The summed E-state index contributed by atoms with van der Waals surface area (Å²) in [4.78, 5) is 2.49. The summed E-state index contributed by atoms with van der Waals surface area (Å²) < 4.78 is 8.23. The van der Waals surface area contributed by atoms with E-state index in [-0.39, 0.29) is 5.60 Å². The number of aryl methyl sites for hydroxylation is 1. The Kier molecular flexibility index (Phi) is 3.43. The second-order valence-electron chi connectivity index (χ2n) is 7.23. The van der Waals surface area contributed by atoms with Gasteiger partial charge in [-0.1, -0.05) is 18.2 Å². The van der Waals surface area contributed by atoms with Crippen molar-refractivity contribution in [2.45, 2.75) is 31.4 Å². The van der Waals surface area contributed by atoms with E-state index in [9.17, 15) is 0 Å². The largest absolute Gasteiger partial charge is 0.368 e. The Morgan fingerprint density at radius 2 is 2.08 bits per heavy atom. The zero-order valence-electron chi connectivity index (χ0n) is 14.5. The fourth-order valence-electron chi connectivity index (χ4n) is 4.41. The van der Waals surface area contributed by atoms with Crippen molar-refractivity contribution in [1.82, 2.24) is 24.9 Å². The summed E-state index contributed by atoms with van der Waals surface area (Å²) in [7, 11) is 2.02. The SMILES string of the molecule is Cn1nc(CN2CCC3(CC2)OCCc2cn[nH]c23)c2ccccc21. The Labute approximate surface area is 146 Å². The average molecular weight is 337 g/mol. The van der Waals surface area contributed by atoms with Gasteiger partial charge in [0.25, 0.3) is 0 Å². The molecule has 0 atom stereocenters. The van der Waals surface area contributed by atoms with Crippen molar-refractivity contribution in [2.24, 2.45) is 7.05 Å². The Morgan fingerprint density at radius 3 is 2.96 bits per heavy atom. The first-order valence-electron chi connectivity index (χ1n) is 9.05. The number of H-pyrrole nitrogens is 1. The minimum atomic E-state index is -0.160. The molecule has 130 valence electrons. The van der Waals surface area contributed by atoms with E-state index in [1.807, 2.05) is 17.9 Å². The number of nitrogens with one attached hydrogen (secondary N) is 1. The number of hydrogen-bond donors (Lipinski definition) is 1. The number of likely N-dealkylation sites (tertiary alicyclic amines) is 1. The molecule has 2 aliphatic heterocycles. The van der Waals surface area contributed by atoms with Gasteiger partial charge in [0.2, 0.25) is 0 Å². The maximum Gasteiger partial charge on any atom is 0.112 e. The summed E-state index contributed by atoms with van der Waals surface area (Å²) in [5.74, 6) is 0. The minimum absolute atomic E-state index is 0.160. The zero-order chi connectivity index (χ0) is 16.9. The number of para-hydroxylation sites is 1. The van der Waals surface area contributed by atoms with E-state index in [0.29, 0.717) is 0 Å². The number of benzene rings is 1. The van der Waals surface area contributed by atoms with Gasteiger partial charge >= 0.3 is 0 Å². The van der Waals surface area contributed by atoms with E-state index >= 15 is 0 Å². The first-order valence-corrected chi connectivity index (χ1v) is 9.05. The maximum absolute atomic E-state index is 6.25. The second-order valence-corrected chi connectivity index (χ2v) is 7.23. The number of fused-ring (bicyclic) bond motifs is 3. The van der Waals surface area contributed by atoms with Crippen LogP contribution in [0.5, 0.6) is 0 Å². The summed E-state index contributed by atoms with van der Waals surface area (Å²) in [6.07, 6.45) is 4.95. The monoisotopic (exact) mass is 337 g/mol. The molecule has 2 aliphatic rings. The third-order valence-electron chi connectivity index (χ3n) is 5.79. The molecule has 1 saturated heterocycles. The molecule has 6 nitrogen and oxygen atoms in total. The molecule has 4 heterocycles. The fraction of sp³-hybridized carbons (Fsp3) is 0.474. The van der Waals surface area contributed by atoms with Crippen molar-refractivity contribution in [3.05, 3.63) is 47.4 Å². The van der Waals surface area contributed by atoms with Crippen LogP contribution >= 0.6 is 0 Å². The normalized spacial score (nSPS) is 20.2. The lowest BCUT2D eigenvalue weighted by Crippen LogP contribution is -2.46. The minimum Gasteiger partial charge on any atom is -0.368 e. The van der Waals surface area contributed by atoms with E-state index in [0.717, 1.165) is 45.5 Å². The van der Waals surface area contributed by atoms with E-state index in [4.69, 9.17) is 9.84 Å². The molecule has 0 unspecified atom stereocenters. The van der Waals surface area contributed by atoms with Crippen LogP contribution in [0.2, 0.25) is 0 Å². The number of rotatable bonds is 2. The first-order chi connectivity index (χ1) is 12.3. The third-order valence-corrected chi connectivity index (χ3v) is 5.79. The molecule has 5 rings (SSSR count). The topological polar surface area (TPSA) is 59.0 Å². The van der Waals surface area contributed by atoms with E-state index < -0.39 is 0 Å². The molecule has 1 aromatic carbocycles. The van der Waals surface area contributed by atoms with Crippen molar-refractivity contribution in [2.75, 3.05) is 19.7 Å². The summed E-state index contributed by atoms with van der Waals surface area (Å²) in [5.41, 5.74) is 4.74. The van der Waals surface area contributed by atoms with Crippen LogP contribution in [0.4, 0.5) is 0 Å². The number of nitrogens with zero attached hydrogens (tertiary/aromatic N) is 4. The lowest BCUT2D eigenvalue weighted by molar-refractivity contribution is -0.102. The van der Waals surface area contributed by atoms with Gasteiger partial charge in [0.15, 0.2) is 0 Å². The van der Waals surface area contributed by atoms with Gasteiger partial charge in [0, 0.05) is 32.1 Å². The number of aromatic nitrogens is 4. The van der Waals surface area contributed by atoms with Gasteiger partial charge in [0.1, 0.15) is 5.60 Å². The summed E-state index contributed by atoms with van der Waals surface area (Å²) in [5, 5.41) is 13.4. The first kappa shape index (κ1) is 15.1. The van der Waals surface area contributed by atoms with Gasteiger partial charge in [-0.25, -0.2) is 0 Å². The Balaban J connectivity index is 1.34. The van der Waals surface area contributed by atoms with Crippen LogP contribution in [-0.2, 0) is 30.4 Å². The van der Waals surface area contributed by atoms with Crippen LogP contribution < -0.4 is 0 Å². The van der Waals surface area contributed by atoms with Crippen molar-refractivity contribution in [1.29, 1.82) is 0 Å². The van der Waals surface area contributed by atoms with Crippen molar-refractivity contribution >= 4 is 10.9 Å². The highest BCUT2D eigenvalue weighted by Crippen LogP contribution is 2.40. The molecular weight excluding hydrogens is 314 g/mol. The highest BCUT2D eigenvalue weighted by molar-refractivity contribution is 5.81. The van der Waals surface area contributed by atoms with Crippen LogP contribution in [0.15, 0.2) is 30.5 Å². The number of ether oxygens (including phenoxy) is 1. The van der Waals surface area contributed by atoms with Crippen molar-refractivity contribution in [3.63, 3.8) is 0 Å². The molecule has 0 aliphatic carbocycles. The number of hydrogen-bond acceptors (Lipinski definition) is 4. The summed E-state index contributed by atoms with van der Waals surface area (Å²) in [6.45, 7) is 3.73. The van der Waals surface area contributed by atoms with Crippen molar-refractivity contribution in [3.8, 4) is 0 Å². The molecule has 0 radical (unpaired) electrons. The van der Waals surface area contributed by atoms with Crippen LogP contribution in [-0.4, -0.2) is 44.6 Å². The smallest absolute Gasteiger partial charge is 0.112 e. The predicted molar refractivity (Wildman–Crippen MR) is 95.1 cm³/mol. The van der Waals surface area contributed by atoms with E-state index in [1.165, 1.54) is 27.9 Å². The van der Waals surface area contributed by atoms with Gasteiger partial charge in [-0.05, 0) is 30.9 Å². The molecule has 25 heavy (non-hydrogen) atoms. The number of piperidine rings is 1. The van der Waals surface area contributed by atoms with Gasteiger partial charge in [-0.15, -0.1) is 0 Å². The molecule has 1 fully saturated rings. The van der Waals surface area contributed by atoms with Gasteiger partial charge in [-0.2, -0.15) is 10.2 Å². The molecule has 3 aromatic rings. The van der Waals surface area contributed by atoms with Crippen LogP contribution in [0.1, 0.15) is 29.8 Å². The van der Waals surface area contributed by atoms with Crippen LogP contribution in [0.25, 0.3) is 10.9 Å². The average Bonchev–Trinajstić information content (AvgIpc) is 3.24. The standard InChI is InChI=1S/C19H23N5O/c1-23-17-5-3-2-4-15(17)16(22-23)13-24-9-7-19(8-10-24)18-14(6-11-25-19)12-20-21-18/h2-5,12H,6-11,13H2,1H3,(H,20,21). The zero-order valence-corrected chi connectivity index (χ0v) is 14.5. The molecule has 0 saturated carbocycles. The number of aromatic amines is 1. The predicted octanol–water partition coefficient (Wildman–Crippen LogP) is 2.36. The van der Waals surface area contributed by atoms with Crippen LogP contribution in [0.3, 0.4) is 0 Å². The van der Waals surface area contributed by atoms with Gasteiger partial charge in [-0.3, -0.25) is 14.7 Å². The lowest BCUT2D eigenvalue weighted by atomic mass is 9.84. The molecule has 6 heteroatoms. The quantitative estimate of drug-likeness (QED) is 0.780. The molecule has 1 spiro atoms. The Morgan fingerprint density at radius 1 is 1.24 bits per heavy atom. The summed E-state index contributed by atoms with van der Waals surface area (Å²) >= 11 is 0. The van der Waals surface area contributed by atoms with Crippen LogP contribution in [0, 0.1) is 0 Å². The summed E-state index contributed by atoms with van der Waals surface area (Å²) in [6, 6.07) is 8.46. The highest BCUT2D eigenvalue weighted by atomic mass is 16.5. The van der Waals surface area contributed by atoms with Gasteiger partial charge in [0.05, 0.1) is 29.7 Å². The Hall–Kier alpha value is -2.18. The van der Waals surface area contributed by atoms with Gasteiger partial charge < -0.3 is 4.74 Å². The van der Waals surface area contributed by atoms with E-state index in [1.54, 1.807) is 0 Å². The molecule has 1 N–H and O–H groups in total. The van der Waals surface area contributed by atoms with Crippen molar-refractivity contribution < 1.29 is 4.74 Å². The second kappa shape index (κ2) is 5.68. The third kappa shape index (κ3) is 2.40. The molecule has 0 bridgehead atoms. The molecular formula is C19H23N5O. The maximum atomic E-state index is 6.25.